The van der Waals surface area contributed by atoms with Gasteiger partial charge in [0, 0.05) is 46.2 Å². The average molecular weight is 367 g/mol. The third-order valence-corrected chi connectivity index (χ3v) is 6.93. The molecule has 8 heteroatoms. The first-order valence-corrected chi connectivity index (χ1v) is 9.84. The summed E-state index contributed by atoms with van der Waals surface area (Å²) in [5.41, 5.74) is 1.16. The Morgan fingerprint density at radius 3 is 2.24 bits per heavy atom. The van der Waals surface area contributed by atoms with E-state index in [-0.39, 0.29) is 17.7 Å². The van der Waals surface area contributed by atoms with Crippen LogP contribution < -0.4 is 4.74 Å². The lowest BCUT2D eigenvalue weighted by Crippen LogP contribution is -2.53. The maximum Gasteiger partial charge on any atom is 0.281 e. The van der Waals surface area contributed by atoms with E-state index in [9.17, 15) is 13.2 Å². The van der Waals surface area contributed by atoms with Gasteiger partial charge in [-0.3, -0.25) is 4.79 Å². The molecule has 2 aliphatic rings. The van der Waals surface area contributed by atoms with E-state index < -0.39 is 10.2 Å². The van der Waals surface area contributed by atoms with Gasteiger partial charge in [-0.2, -0.15) is 17.0 Å². The van der Waals surface area contributed by atoms with Gasteiger partial charge >= 0.3 is 0 Å². The highest BCUT2D eigenvalue weighted by Crippen LogP contribution is 2.48. The molecule has 7 nitrogen and oxygen atoms in total. The van der Waals surface area contributed by atoms with Crippen molar-refractivity contribution in [1.82, 2.24) is 13.5 Å². The van der Waals surface area contributed by atoms with E-state index in [1.165, 1.54) is 22.7 Å². The lowest BCUT2D eigenvalue weighted by atomic mass is 10.1. The molecule has 25 heavy (non-hydrogen) atoms. The van der Waals surface area contributed by atoms with Crippen molar-refractivity contribution < 1.29 is 17.9 Å². The van der Waals surface area contributed by atoms with Crippen molar-refractivity contribution in [2.45, 2.75) is 12.3 Å². The number of hydrogen-bond donors (Lipinski definition) is 0. The van der Waals surface area contributed by atoms with Gasteiger partial charge in [0.1, 0.15) is 5.75 Å². The summed E-state index contributed by atoms with van der Waals surface area (Å²) in [5.74, 6) is 1.24. The summed E-state index contributed by atoms with van der Waals surface area (Å²) in [4.78, 5) is 14.5. The average Bonchev–Trinajstić information content (AvgIpc) is 3.42. The predicted octanol–water partition coefficient (Wildman–Crippen LogP) is 0.749. The number of piperazine rings is 1. The summed E-state index contributed by atoms with van der Waals surface area (Å²) in [7, 11) is 1.28. The molecule has 1 aliphatic heterocycles. The molecular formula is C17H25N3O4S. The summed E-state index contributed by atoms with van der Waals surface area (Å²) < 4.78 is 32.1. The van der Waals surface area contributed by atoms with Gasteiger partial charge in [0.2, 0.25) is 5.91 Å². The van der Waals surface area contributed by atoms with Crippen LogP contribution in [0, 0.1) is 5.92 Å². The second-order valence-electron chi connectivity index (χ2n) is 6.74. The number of ether oxygens (including phenoxy) is 1. The zero-order valence-electron chi connectivity index (χ0n) is 14.9. The molecule has 2 atom stereocenters. The topological polar surface area (TPSA) is 70.2 Å². The third kappa shape index (κ3) is 3.65. The number of hydrogen-bond acceptors (Lipinski definition) is 4. The van der Waals surface area contributed by atoms with Crippen molar-refractivity contribution in [3.63, 3.8) is 0 Å². The first-order chi connectivity index (χ1) is 11.8. The highest BCUT2D eigenvalue weighted by Gasteiger charge is 2.46. The first-order valence-electron chi connectivity index (χ1n) is 8.45. The van der Waals surface area contributed by atoms with E-state index in [0.29, 0.717) is 26.2 Å². The van der Waals surface area contributed by atoms with Gasteiger partial charge in [-0.15, -0.1) is 0 Å². The standard InChI is InChI=1S/C17H25N3O4S/c1-18(2)25(22,23)20-10-8-19(9-11-20)17(21)16-12-15(16)13-4-6-14(24-3)7-5-13/h4-7,15-16H,8-12H2,1-3H3/t15-,16+/m0/s1. The van der Waals surface area contributed by atoms with Crippen molar-refractivity contribution in [3.8, 4) is 5.75 Å². The molecule has 1 amide bonds. The van der Waals surface area contributed by atoms with Gasteiger partial charge in [0.15, 0.2) is 0 Å². The molecule has 1 aromatic rings. The monoisotopic (exact) mass is 367 g/mol. The molecule has 2 fully saturated rings. The number of nitrogens with zero attached hydrogens (tertiary/aromatic N) is 3. The highest BCUT2D eigenvalue weighted by molar-refractivity contribution is 7.86. The first kappa shape index (κ1) is 18.2. The number of rotatable bonds is 5. The van der Waals surface area contributed by atoms with E-state index >= 15 is 0 Å². The zero-order valence-corrected chi connectivity index (χ0v) is 15.7. The van der Waals surface area contributed by atoms with Crippen molar-refractivity contribution in [3.05, 3.63) is 29.8 Å². The minimum atomic E-state index is -3.40. The molecule has 138 valence electrons. The lowest BCUT2D eigenvalue weighted by molar-refractivity contribution is -0.133. The van der Waals surface area contributed by atoms with E-state index in [2.05, 4.69) is 0 Å². The summed E-state index contributed by atoms with van der Waals surface area (Å²) in [6.07, 6.45) is 0.862. The van der Waals surface area contributed by atoms with E-state index in [1.807, 2.05) is 24.3 Å². The van der Waals surface area contributed by atoms with E-state index in [1.54, 1.807) is 12.0 Å². The van der Waals surface area contributed by atoms with Crippen LogP contribution in [0.4, 0.5) is 0 Å². The minimum Gasteiger partial charge on any atom is -0.497 e. The van der Waals surface area contributed by atoms with Crippen LogP contribution in [0.25, 0.3) is 0 Å². The second-order valence-corrected chi connectivity index (χ2v) is 8.88. The SMILES string of the molecule is COc1ccc([C@@H]2C[C@H]2C(=O)N2CCN(S(=O)(=O)N(C)C)CC2)cc1. The van der Waals surface area contributed by atoms with Crippen molar-refractivity contribution in [2.24, 2.45) is 5.92 Å². The Kier molecular flexibility index (Phi) is 5.04. The molecule has 1 heterocycles. The maximum atomic E-state index is 12.7. The fourth-order valence-corrected chi connectivity index (χ4v) is 4.38. The van der Waals surface area contributed by atoms with Crippen LogP contribution in [0.1, 0.15) is 17.9 Å². The molecule has 1 saturated heterocycles. The van der Waals surface area contributed by atoms with Gasteiger partial charge in [0.05, 0.1) is 7.11 Å². The number of carbonyl (C=O) groups is 1. The molecular weight excluding hydrogens is 342 g/mol. The molecule has 1 saturated carbocycles. The smallest absolute Gasteiger partial charge is 0.281 e. The minimum absolute atomic E-state index is 0.0189. The molecule has 0 spiro atoms. The molecule has 0 unspecified atom stereocenters. The Labute approximate surface area is 149 Å². The van der Waals surface area contributed by atoms with E-state index in [0.717, 1.165) is 17.7 Å². The molecule has 1 aromatic carbocycles. The maximum absolute atomic E-state index is 12.7. The summed E-state index contributed by atoms with van der Waals surface area (Å²) >= 11 is 0. The van der Waals surface area contributed by atoms with Crippen LogP contribution in [0.15, 0.2) is 24.3 Å². The normalized spacial score (nSPS) is 24.4. The Balaban J connectivity index is 1.55. The van der Waals surface area contributed by atoms with Crippen LogP contribution in [0.2, 0.25) is 0 Å². The van der Waals surface area contributed by atoms with Crippen LogP contribution in [-0.2, 0) is 15.0 Å². The molecule has 0 radical (unpaired) electrons. The summed E-state index contributed by atoms with van der Waals surface area (Å²) in [6, 6.07) is 7.86. The Morgan fingerprint density at radius 1 is 1.12 bits per heavy atom. The Hall–Kier alpha value is -1.64. The molecule has 0 N–H and O–H groups in total. The summed E-state index contributed by atoms with van der Waals surface area (Å²) in [6.45, 7) is 1.62. The zero-order chi connectivity index (χ0) is 18.2. The van der Waals surface area contributed by atoms with Crippen LogP contribution in [0.5, 0.6) is 5.75 Å². The van der Waals surface area contributed by atoms with Crippen LogP contribution >= 0.6 is 0 Å². The van der Waals surface area contributed by atoms with Gasteiger partial charge in [-0.1, -0.05) is 12.1 Å². The third-order valence-electron chi connectivity index (χ3n) is 4.99. The number of benzene rings is 1. The molecule has 0 bridgehead atoms. The largest absolute Gasteiger partial charge is 0.497 e. The van der Waals surface area contributed by atoms with Gasteiger partial charge in [-0.05, 0) is 30.0 Å². The fourth-order valence-electron chi connectivity index (χ4n) is 3.29. The lowest BCUT2D eigenvalue weighted by Gasteiger charge is -2.35. The van der Waals surface area contributed by atoms with Gasteiger partial charge < -0.3 is 9.64 Å². The molecule has 1 aliphatic carbocycles. The van der Waals surface area contributed by atoms with Crippen LogP contribution in [-0.4, -0.2) is 75.2 Å². The molecule has 3 rings (SSSR count). The summed E-state index contributed by atoms with van der Waals surface area (Å²) in [5, 5.41) is 0. The van der Waals surface area contributed by atoms with Crippen LogP contribution in [0.3, 0.4) is 0 Å². The Morgan fingerprint density at radius 2 is 1.72 bits per heavy atom. The predicted molar refractivity (Wildman–Crippen MR) is 94.6 cm³/mol. The number of amides is 1. The van der Waals surface area contributed by atoms with Gasteiger partial charge in [0.25, 0.3) is 10.2 Å². The second kappa shape index (κ2) is 6.93. The van der Waals surface area contributed by atoms with Crippen molar-refractivity contribution in [1.29, 1.82) is 0 Å². The number of carbonyl (C=O) groups excluding carboxylic acids is 1. The quantitative estimate of drug-likeness (QED) is 0.770. The number of methoxy groups -OCH3 is 1. The van der Waals surface area contributed by atoms with Gasteiger partial charge in [-0.25, -0.2) is 0 Å². The highest BCUT2D eigenvalue weighted by atomic mass is 32.2. The fraction of sp³-hybridized carbons (Fsp3) is 0.588. The van der Waals surface area contributed by atoms with Crippen molar-refractivity contribution in [2.75, 3.05) is 47.4 Å². The van der Waals surface area contributed by atoms with E-state index in [4.69, 9.17) is 4.74 Å². The Bertz CT molecular complexity index is 725. The molecule has 0 aromatic heterocycles. The van der Waals surface area contributed by atoms with Crippen molar-refractivity contribution >= 4 is 16.1 Å².